The van der Waals surface area contributed by atoms with Crippen molar-refractivity contribution >= 4 is 27.6 Å². The number of para-hydroxylation sites is 1. The number of urea groups is 1. The maximum Gasteiger partial charge on any atom is 0.319 e. The minimum absolute atomic E-state index is 0.193. The van der Waals surface area contributed by atoms with Gasteiger partial charge in [-0.2, -0.15) is 0 Å². The summed E-state index contributed by atoms with van der Waals surface area (Å²) in [6, 6.07) is 17.3. The number of aromatic nitrogens is 2. The van der Waals surface area contributed by atoms with Crippen LogP contribution in [0, 0.1) is 0 Å². The summed E-state index contributed by atoms with van der Waals surface area (Å²) in [4.78, 5) is 14.5. The summed E-state index contributed by atoms with van der Waals surface area (Å²) in [6.45, 7) is 2.10. The van der Waals surface area contributed by atoms with Crippen LogP contribution in [0.3, 0.4) is 0 Å². The second-order valence-electron chi connectivity index (χ2n) is 7.33. The molecule has 0 radical (unpaired) electrons. The molecular weight excluding hydrogens is 446 g/mol. The van der Waals surface area contributed by atoms with Crippen molar-refractivity contribution < 1.29 is 9.21 Å². The first kappa shape index (κ1) is 20.6. The Balaban J connectivity index is 1.34. The fourth-order valence-corrected chi connectivity index (χ4v) is 4.04. The Morgan fingerprint density at radius 2 is 2.00 bits per heavy atom. The van der Waals surface area contributed by atoms with Crippen LogP contribution in [0.4, 0.5) is 10.5 Å². The van der Waals surface area contributed by atoms with Crippen molar-refractivity contribution in [3.8, 4) is 11.5 Å². The second-order valence-corrected chi connectivity index (χ2v) is 8.25. The molecule has 30 heavy (non-hydrogen) atoms. The summed E-state index contributed by atoms with van der Waals surface area (Å²) >= 11 is 3.47. The van der Waals surface area contributed by atoms with Gasteiger partial charge in [-0.15, -0.1) is 10.2 Å². The molecule has 1 atom stereocenters. The fraction of sp³-hybridized carbons (Fsp3) is 0.318. The molecule has 7 nitrogen and oxygen atoms in total. The number of rotatable bonds is 6. The van der Waals surface area contributed by atoms with E-state index in [1.807, 2.05) is 54.6 Å². The number of nitrogens with zero attached hydrogens (tertiary/aromatic N) is 3. The summed E-state index contributed by atoms with van der Waals surface area (Å²) < 4.78 is 6.86. The van der Waals surface area contributed by atoms with Gasteiger partial charge in [0.25, 0.3) is 0 Å². The van der Waals surface area contributed by atoms with Gasteiger partial charge in [0.15, 0.2) is 0 Å². The molecule has 2 amide bonds. The lowest BCUT2D eigenvalue weighted by Crippen LogP contribution is -2.47. The number of carbonyl (C=O) groups is 1. The smallest absolute Gasteiger partial charge is 0.319 e. The van der Waals surface area contributed by atoms with E-state index >= 15 is 0 Å². The number of carbonyl (C=O) groups excluding carboxylic acids is 1. The van der Waals surface area contributed by atoms with Gasteiger partial charge < -0.3 is 15.1 Å². The molecule has 2 aromatic carbocycles. The van der Waals surface area contributed by atoms with Crippen molar-refractivity contribution in [1.29, 1.82) is 0 Å². The number of likely N-dealkylation sites (tertiary alicyclic amines) is 1. The van der Waals surface area contributed by atoms with E-state index in [1.165, 1.54) is 0 Å². The van der Waals surface area contributed by atoms with Crippen LogP contribution < -0.4 is 10.6 Å². The Morgan fingerprint density at radius 3 is 2.83 bits per heavy atom. The highest BCUT2D eigenvalue weighted by Crippen LogP contribution is 2.24. The van der Waals surface area contributed by atoms with Crippen molar-refractivity contribution in [1.82, 2.24) is 20.4 Å². The summed E-state index contributed by atoms with van der Waals surface area (Å²) in [6.07, 6.45) is 3.30. The normalized spacial score (nSPS) is 16.9. The Hall–Kier alpha value is -2.71. The van der Waals surface area contributed by atoms with Crippen LogP contribution in [-0.4, -0.2) is 40.3 Å². The van der Waals surface area contributed by atoms with Crippen molar-refractivity contribution in [3.05, 3.63) is 65.0 Å². The molecule has 2 N–H and O–H groups in total. The van der Waals surface area contributed by atoms with E-state index < -0.39 is 0 Å². The Morgan fingerprint density at radius 1 is 1.13 bits per heavy atom. The molecule has 3 aromatic rings. The monoisotopic (exact) mass is 469 g/mol. The summed E-state index contributed by atoms with van der Waals surface area (Å²) in [5, 5.41) is 14.3. The van der Waals surface area contributed by atoms with Gasteiger partial charge in [-0.3, -0.25) is 4.90 Å². The molecule has 0 bridgehead atoms. The van der Waals surface area contributed by atoms with Crippen molar-refractivity contribution in [2.24, 2.45) is 0 Å². The maximum atomic E-state index is 12.2. The number of halogens is 1. The zero-order valence-electron chi connectivity index (χ0n) is 16.6. The number of amides is 2. The van der Waals surface area contributed by atoms with Crippen LogP contribution in [0.25, 0.3) is 11.5 Å². The average Bonchev–Trinajstić information content (AvgIpc) is 3.22. The van der Waals surface area contributed by atoms with Gasteiger partial charge in [0.2, 0.25) is 11.8 Å². The minimum Gasteiger partial charge on any atom is -0.419 e. The molecule has 1 unspecified atom stereocenters. The van der Waals surface area contributed by atoms with E-state index in [-0.39, 0.29) is 12.1 Å². The van der Waals surface area contributed by atoms with Crippen molar-refractivity contribution in [2.75, 3.05) is 18.4 Å². The van der Waals surface area contributed by atoms with Crippen LogP contribution in [0.2, 0.25) is 0 Å². The third-order valence-corrected chi connectivity index (χ3v) is 5.65. The highest BCUT2D eigenvalue weighted by Gasteiger charge is 2.25. The Kier molecular flexibility index (Phi) is 6.76. The maximum absolute atomic E-state index is 12.2. The van der Waals surface area contributed by atoms with Crippen LogP contribution >= 0.6 is 15.9 Å². The topological polar surface area (TPSA) is 83.3 Å². The molecule has 8 heteroatoms. The molecule has 1 saturated heterocycles. The first-order chi connectivity index (χ1) is 14.7. The van der Waals surface area contributed by atoms with Crippen LogP contribution in [-0.2, 0) is 6.54 Å². The molecule has 1 aliphatic rings. The first-order valence-electron chi connectivity index (χ1n) is 10.1. The Labute approximate surface area is 184 Å². The van der Waals surface area contributed by atoms with Crippen LogP contribution in [0.5, 0.6) is 0 Å². The summed E-state index contributed by atoms with van der Waals surface area (Å²) in [5.74, 6) is 1.10. The molecule has 1 aromatic heterocycles. The number of hydrogen-bond acceptors (Lipinski definition) is 5. The second kappa shape index (κ2) is 9.86. The predicted octanol–water partition coefficient (Wildman–Crippen LogP) is 4.68. The third kappa shape index (κ3) is 5.46. The third-order valence-electron chi connectivity index (χ3n) is 5.16. The summed E-state index contributed by atoms with van der Waals surface area (Å²) in [5.41, 5.74) is 1.67. The number of anilines is 1. The van der Waals surface area contributed by atoms with Gasteiger partial charge >= 0.3 is 6.03 Å². The largest absolute Gasteiger partial charge is 0.419 e. The number of hydrogen-bond donors (Lipinski definition) is 2. The molecule has 156 valence electrons. The summed E-state index contributed by atoms with van der Waals surface area (Å²) in [7, 11) is 0. The SMILES string of the molecule is O=C(NCC1CCCCN1Cc1nnc(-c2cccc(Br)c2)o1)Nc1ccccc1. The number of piperidine rings is 1. The molecule has 1 fully saturated rings. The van der Waals surface area contributed by atoms with E-state index in [0.29, 0.717) is 24.9 Å². The van der Waals surface area contributed by atoms with Crippen LogP contribution in [0.1, 0.15) is 25.2 Å². The first-order valence-corrected chi connectivity index (χ1v) is 10.9. The van der Waals surface area contributed by atoms with E-state index in [1.54, 1.807) is 0 Å². The lowest BCUT2D eigenvalue weighted by Gasteiger charge is -2.34. The van der Waals surface area contributed by atoms with Gasteiger partial charge in [-0.05, 0) is 49.7 Å². The lowest BCUT2D eigenvalue weighted by molar-refractivity contribution is 0.127. The Bertz CT molecular complexity index is 978. The molecular formula is C22H24BrN5O2. The van der Waals surface area contributed by atoms with E-state index in [0.717, 1.165) is 41.5 Å². The van der Waals surface area contributed by atoms with E-state index in [9.17, 15) is 4.79 Å². The van der Waals surface area contributed by atoms with E-state index in [4.69, 9.17) is 4.42 Å². The molecule has 2 heterocycles. The minimum atomic E-state index is -0.193. The van der Waals surface area contributed by atoms with Gasteiger partial charge in [0.1, 0.15) is 0 Å². The quantitative estimate of drug-likeness (QED) is 0.547. The molecule has 0 spiro atoms. The molecule has 0 aliphatic carbocycles. The highest BCUT2D eigenvalue weighted by molar-refractivity contribution is 9.10. The average molecular weight is 470 g/mol. The fourth-order valence-electron chi connectivity index (χ4n) is 3.64. The van der Waals surface area contributed by atoms with Crippen molar-refractivity contribution in [3.63, 3.8) is 0 Å². The van der Waals surface area contributed by atoms with Crippen LogP contribution in [0.15, 0.2) is 63.5 Å². The van der Waals surface area contributed by atoms with E-state index in [2.05, 4.69) is 41.7 Å². The predicted molar refractivity (Wildman–Crippen MR) is 119 cm³/mol. The van der Waals surface area contributed by atoms with Gasteiger partial charge in [0, 0.05) is 28.3 Å². The molecule has 1 aliphatic heterocycles. The van der Waals surface area contributed by atoms with Gasteiger partial charge in [-0.1, -0.05) is 46.6 Å². The zero-order valence-corrected chi connectivity index (χ0v) is 18.1. The number of nitrogens with one attached hydrogen (secondary N) is 2. The number of benzene rings is 2. The molecule has 4 rings (SSSR count). The zero-order chi connectivity index (χ0) is 20.8. The van der Waals surface area contributed by atoms with Gasteiger partial charge in [-0.25, -0.2) is 4.79 Å². The standard InChI is InChI=1S/C22H24BrN5O2/c23-17-8-6-7-16(13-17)21-27-26-20(30-21)15-28-12-5-4-11-19(28)14-24-22(29)25-18-9-2-1-3-10-18/h1-3,6-10,13,19H,4-5,11-12,14-15H2,(H2,24,25,29). The van der Waals surface area contributed by atoms with Crippen molar-refractivity contribution in [2.45, 2.75) is 31.8 Å². The highest BCUT2D eigenvalue weighted by atomic mass is 79.9. The lowest BCUT2D eigenvalue weighted by atomic mass is 10.0. The van der Waals surface area contributed by atoms with Gasteiger partial charge in [0.05, 0.1) is 6.54 Å². The molecule has 0 saturated carbocycles.